The Morgan fingerprint density at radius 1 is 1.36 bits per heavy atom. The first kappa shape index (κ1) is 22.5. The monoisotopic (exact) mass is 390 g/mol. The third-order valence-electron chi connectivity index (χ3n) is 6.31. The van der Waals surface area contributed by atoms with Crippen LogP contribution in [0.1, 0.15) is 67.2 Å². The second kappa shape index (κ2) is 8.73. The Balaban J connectivity index is 2.48. The van der Waals surface area contributed by atoms with Crippen molar-refractivity contribution in [3.8, 4) is 0 Å². The van der Waals surface area contributed by atoms with Crippen molar-refractivity contribution in [3.05, 3.63) is 23.3 Å². The fourth-order valence-corrected chi connectivity index (χ4v) is 4.50. The number of ketones is 2. The van der Waals surface area contributed by atoms with Gasteiger partial charge in [-0.3, -0.25) is 9.59 Å². The van der Waals surface area contributed by atoms with Crippen LogP contribution in [0.5, 0.6) is 0 Å². The minimum Gasteiger partial charge on any atom is -0.456 e. The van der Waals surface area contributed by atoms with Crippen LogP contribution < -0.4 is 0 Å². The van der Waals surface area contributed by atoms with Crippen LogP contribution in [0, 0.1) is 23.7 Å². The van der Waals surface area contributed by atoms with E-state index < -0.39 is 17.6 Å². The summed E-state index contributed by atoms with van der Waals surface area (Å²) in [5, 5.41) is 10.9. The zero-order valence-corrected chi connectivity index (χ0v) is 18.0. The minimum atomic E-state index is -0.765. The van der Waals surface area contributed by atoms with Gasteiger partial charge in [0, 0.05) is 30.3 Å². The topological polar surface area (TPSA) is 80.7 Å². The van der Waals surface area contributed by atoms with Gasteiger partial charge in [-0.1, -0.05) is 32.4 Å². The van der Waals surface area contributed by atoms with Crippen LogP contribution in [-0.4, -0.2) is 34.3 Å². The second-order valence-electron chi connectivity index (χ2n) is 9.10. The Kier molecular flexibility index (Phi) is 7.02. The Hall–Kier alpha value is -1.75. The van der Waals surface area contributed by atoms with Gasteiger partial charge >= 0.3 is 5.97 Å². The first-order valence-corrected chi connectivity index (χ1v) is 10.3. The fraction of sp³-hybridized carbons (Fsp3) is 0.696. The Labute approximate surface area is 168 Å². The minimum absolute atomic E-state index is 0.00515. The summed E-state index contributed by atoms with van der Waals surface area (Å²) in [7, 11) is 0. The molecule has 28 heavy (non-hydrogen) atoms. The van der Waals surface area contributed by atoms with Gasteiger partial charge in [-0.05, 0) is 51.5 Å². The number of fused-ring (bicyclic) bond motifs is 1. The molecule has 1 heterocycles. The molecule has 1 aliphatic heterocycles. The van der Waals surface area contributed by atoms with Crippen LogP contribution >= 0.6 is 0 Å². The highest BCUT2D eigenvalue weighted by Gasteiger charge is 2.45. The third kappa shape index (κ3) is 4.99. The normalized spacial score (nSPS) is 34.7. The summed E-state index contributed by atoms with van der Waals surface area (Å²) in [6.45, 7) is 11.2. The molecule has 1 aliphatic carbocycles. The SMILES string of the molecule is CC(=O)C[C@H]1C=C(C)[C@@H](O)C[C@H]2C(C(C)C)=CC(=O)O[C@]2(C)CC[C@@H](C)C1=O. The van der Waals surface area contributed by atoms with Gasteiger partial charge < -0.3 is 9.84 Å². The molecule has 0 fully saturated rings. The molecular weight excluding hydrogens is 356 g/mol. The Morgan fingerprint density at radius 2 is 2.00 bits per heavy atom. The van der Waals surface area contributed by atoms with E-state index in [9.17, 15) is 19.5 Å². The number of aliphatic hydroxyl groups is 1. The van der Waals surface area contributed by atoms with E-state index >= 15 is 0 Å². The zero-order valence-electron chi connectivity index (χ0n) is 18.0. The predicted octanol–water partition coefficient (Wildman–Crippen LogP) is 3.79. The van der Waals surface area contributed by atoms with E-state index in [1.807, 2.05) is 27.7 Å². The lowest BCUT2D eigenvalue weighted by atomic mass is 9.71. The number of Topliss-reactive ketones (excluding diaryl/α,β-unsaturated/α-hetero) is 2. The van der Waals surface area contributed by atoms with Crippen LogP contribution in [0.3, 0.4) is 0 Å². The molecule has 5 heteroatoms. The summed E-state index contributed by atoms with van der Waals surface area (Å²) in [5.74, 6) is -1.12. The summed E-state index contributed by atoms with van der Waals surface area (Å²) < 4.78 is 5.78. The standard InChI is InChI=1S/C23H34O5/c1-13(2)18-11-21(26)28-23(6)8-7-14(3)22(27)17(10-16(5)24)9-15(4)20(25)12-19(18)23/h9,11,13-14,17,19-20,25H,7-8,10,12H2,1-6H3/t14-,17-,19+,20+,23-/m1/s1. The Bertz CT molecular complexity index is 702. The molecule has 0 saturated carbocycles. The molecule has 156 valence electrons. The van der Waals surface area contributed by atoms with E-state index in [0.29, 0.717) is 24.8 Å². The second-order valence-corrected chi connectivity index (χ2v) is 9.10. The maximum absolute atomic E-state index is 13.0. The molecule has 1 N–H and O–H groups in total. The average molecular weight is 391 g/mol. The molecular formula is C23H34O5. The molecule has 0 aromatic carbocycles. The summed E-state index contributed by atoms with van der Waals surface area (Å²) in [6.07, 6.45) is 4.25. The molecule has 0 aromatic heterocycles. The largest absolute Gasteiger partial charge is 0.456 e. The van der Waals surface area contributed by atoms with Crippen molar-refractivity contribution in [2.24, 2.45) is 23.7 Å². The van der Waals surface area contributed by atoms with E-state index in [0.717, 1.165) is 5.57 Å². The fourth-order valence-electron chi connectivity index (χ4n) is 4.50. The van der Waals surface area contributed by atoms with Crippen molar-refractivity contribution in [2.75, 3.05) is 0 Å². The molecule has 0 amide bonds. The van der Waals surface area contributed by atoms with Gasteiger partial charge in [0.15, 0.2) is 0 Å². The smallest absolute Gasteiger partial charge is 0.331 e. The summed E-state index contributed by atoms with van der Waals surface area (Å²) in [6, 6.07) is 0. The number of hydrogen-bond acceptors (Lipinski definition) is 5. The predicted molar refractivity (Wildman–Crippen MR) is 107 cm³/mol. The van der Waals surface area contributed by atoms with E-state index in [2.05, 4.69) is 0 Å². The number of rotatable bonds is 3. The molecule has 0 radical (unpaired) electrons. The number of esters is 1. The number of allylic oxidation sites excluding steroid dienone is 1. The molecule has 5 atom stereocenters. The number of carbonyl (C=O) groups is 3. The van der Waals surface area contributed by atoms with Crippen molar-refractivity contribution >= 4 is 17.5 Å². The zero-order chi connectivity index (χ0) is 21.2. The van der Waals surface area contributed by atoms with Crippen LogP contribution in [0.2, 0.25) is 0 Å². The first-order chi connectivity index (χ1) is 12.9. The summed E-state index contributed by atoms with van der Waals surface area (Å²) in [4.78, 5) is 36.9. The van der Waals surface area contributed by atoms with Gasteiger partial charge in [0.05, 0.1) is 6.10 Å². The molecule has 2 rings (SSSR count). The van der Waals surface area contributed by atoms with Crippen molar-refractivity contribution in [2.45, 2.75) is 78.9 Å². The van der Waals surface area contributed by atoms with Crippen LogP contribution in [0.4, 0.5) is 0 Å². The number of aliphatic hydroxyl groups excluding tert-OH is 1. The van der Waals surface area contributed by atoms with E-state index in [1.165, 1.54) is 6.92 Å². The molecule has 0 unspecified atom stereocenters. The quantitative estimate of drug-likeness (QED) is 0.586. The highest BCUT2D eigenvalue weighted by Crippen LogP contribution is 2.43. The third-order valence-corrected chi connectivity index (χ3v) is 6.31. The molecule has 0 bridgehead atoms. The molecule has 0 spiro atoms. The highest BCUT2D eigenvalue weighted by atomic mass is 16.6. The van der Waals surface area contributed by atoms with E-state index in [4.69, 9.17) is 4.74 Å². The van der Waals surface area contributed by atoms with Crippen molar-refractivity contribution in [1.29, 1.82) is 0 Å². The summed E-state index contributed by atoms with van der Waals surface area (Å²) >= 11 is 0. The first-order valence-electron chi connectivity index (χ1n) is 10.3. The average Bonchev–Trinajstić information content (AvgIpc) is 2.59. The van der Waals surface area contributed by atoms with Gasteiger partial charge in [-0.2, -0.15) is 0 Å². The van der Waals surface area contributed by atoms with Crippen LogP contribution in [0.25, 0.3) is 0 Å². The van der Waals surface area contributed by atoms with Crippen LogP contribution in [0.15, 0.2) is 23.3 Å². The highest BCUT2D eigenvalue weighted by molar-refractivity contribution is 5.90. The molecule has 2 aliphatic rings. The van der Waals surface area contributed by atoms with E-state index in [-0.39, 0.29) is 41.7 Å². The summed E-state index contributed by atoms with van der Waals surface area (Å²) in [5.41, 5.74) is 0.918. The lowest BCUT2D eigenvalue weighted by Crippen LogP contribution is -2.46. The van der Waals surface area contributed by atoms with Crippen molar-refractivity contribution < 1.29 is 24.2 Å². The molecule has 5 nitrogen and oxygen atoms in total. The maximum atomic E-state index is 13.0. The van der Waals surface area contributed by atoms with Gasteiger partial charge in [0.2, 0.25) is 0 Å². The number of carbonyl (C=O) groups excluding carboxylic acids is 3. The van der Waals surface area contributed by atoms with Crippen molar-refractivity contribution in [3.63, 3.8) is 0 Å². The number of hydrogen-bond donors (Lipinski definition) is 1. The van der Waals surface area contributed by atoms with Crippen molar-refractivity contribution in [1.82, 2.24) is 0 Å². The molecule has 0 saturated heterocycles. The Morgan fingerprint density at radius 3 is 2.57 bits per heavy atom. The van der Waals surface area contributed by atoms with E-state index in [1.54, 1.807) is 19.1 Å². The maximum Gasteiger partial charge on any atom is 0.331 e. The van der Waals surface area contributed by atoms with Gasteiger partial charge in [0.1, 0.15) is 17.2 Å². The lowest BCUT2D eigenvalue weighted by molar-refractivity contribution is -0.162. The van der Waals surface area contributed by atoms with Gasteiger partial charge in [-0.15, -0.1) is 0 Å². The molecule has 0 aromatic rings. The van der Waals surface area contributed by atoms with Gasteiger partial charge in [0.25, 0.3) is 0 Å². The van der Waals surface area contributed by atoms with Crippen LogP contribution in [-0.2, 0) is 19.1 Å². The van der Waals surface area contributed by atoms with Gasteiger partial charge in [-0.25, -0.2) is 4.79 Å². The lowest BCUT2D eigenvalue weighted by Gasteiger charge is -2.43. The number of ether oxygens (including phenoxy) is 1.